The van der Waals surface area contributed by atoms with Gasteiger partial charge in [0.2, 0.25) is 10.0 Å². The molecule has 1 atom stereocenters. The Hall–Kier alpha value is -2.51. The fourth-order valence-electron chi connectivity index (χ4n) is 3.42. The summed E-state index contributed by atoms with van der Waals surface area (Å²) in [6.45, 7) is 1.82. The van der Waals surface area contributed by atoms with Crippen molar-refractivity contribution < 1.29 is 22.7 Å². The van der Waals surface area contributed by atoms with Crippen LogP contribution in [0.3, 0.4) is 0 Å². The van der Waals surface area contributed by atoms with Gasteiger partial charge in [-0.1, -0.05) is 42.0 Å². The first-order valence-electron chi connectivity index (χ1n) is 8.58. The van der Waals surface area contributed by atoms with Crippen LogP contribution in [-0.4, -0.2) is 33.8 Å². The number of rotatable bonds is 6. The van der Waals surface area contributed by atoms with E-state index in [2.05, 4.69) is 4.72 Å². The molecular weight excluding hydrogens is 366 g/mol. The van der Waals surface area contributed by atoms with Crippen LogP contribution in [0.1, 0.15) is 27.9 Å². The van der Waals surface area contributed by atoms with Crippen LogP contribution >= 0.6 is 0 Å². The van der Waals surface area contributed by atoms with Gasteiger partial charge in [0.15, 0.2) is 5.78 Å². The van der Waals surface area contributed by atoms with Crippen LogP contribution in [0.25, 0.3) is 0 Å². The summed E-state index contributed by atoms with van der Waals surface area (Å²) >= 11 is 0. The first-order chi connectivity index (χ1) is 12.8. The van der Waals surface area contributed by atoms with E-state index in [0.717, 1.165) is 11.1 Å². The van der Waals surface area contributed by atoms with Gasteiger partial charge in [0, 0.05) is 12.1 Å². The average molecular weight is 387 g/mol. The van der Waals surface area contributed by atoms with Gasteiger partial charge in [0.1, 0.15) is 5.41 Å². The Morgan fingerprint density at radius 1 is 1.15 bits per heavy atom. The monoisotopic (exact) mass is 387 g/mol. The average Bonchev–Trinajstić information content (AvgIpc) is 2.94. The molecule has 27 heavy (non-hydrogen) atoms. The van der Waals surface area contributed by atoms with E-state index in [1.807, 2.05) is 6.92 Å². The SMILES string of the molecule is COC(=O)C1(CCNS(=O)(=O)c2ccc(C)cc2)Cc2ccccc2C1=O. The molecule has 0 aliphatic heterocycles. The summed E-state index contributed by atoms with van der Waals surface area (Å²) in [6.07, 6.45) is 0.235. The fourth-order valence-corrected chi connectivity index (χ4v) is 4.45. The molecule has 2 aromatic rings. The molecule has 0 saturated carbocycles. The zero-order valence-electron chi connectivity index (χ0n) is 15.2. The maximum absolute atomic E-state index is 12.9. The number of hydrogen-bond acceptors (Lipinski definition) is 5. The molecule has 1 aliphatic rings. The molecule has 142 valence electrons. The molecule has 1 N–H and O–H groups in total. The Kier molecular flexibility index (Phi) is 5.17. The van der Waals surface area contributed by atoms with Crippen molar-refractivity contribution in [3.63, 3.8) is 0 Å². The highest BCUT2D eigenvalue weighted by molar-refractivity contribution is 7.89. The number of methoxy groups -OCH3 is 1. The van der Waals surface area contributed by atoms with Gasteiger partial charge in [-0.3, -0.25) is 9.59 Å². The lowest BCUT2D eigenvalue weighted by molar-refractivity contribution is -0.149. The Morgan fingerprint density at radius 2 is 1.81 bits per heavy atom. The number of ether oxygens (including phenoxy) is 1. The number of carbonyl (C=O) groups is 2. The molecule has 6 nitrogen and oxygen atoms in total. The molecule has 0 amide bonds. The molecular formula is C20H21NO5S. The van der Waals surface area contributed by atoms with Gasteiger partial charge >= 0.3 is 5.97 Å². The van der Waals surface area contributed by atoms with Gasteiger partial charge in [0.25, 0.3) is 0 Å². The van der Waals surface area contributed by atoms with E-state index in [0.29, 0.717) is 5.56 Å². The quantitative estimate of drug-likeness (QED) is 0.607. The van der Waals surface area contributed by atoms with Crippen LogP contribution < -0.4 is 4.72 Å². The van der Waals surface area contributed by atoms with Crippen molar-refractivity contribution in [2.75, 3.05) is 13.7 Å². The summed E-state index contributed by atoms with van der Waals surface area (Å²) < 4.78 is 32.3. The van der Waals surface area contributed by atoms with Gasteiger partial charge in [-0.25, -0.2) is 13.1 Å². The van der Waals surface area contributed by atoms with Gasteiger partial charge in [-0.05, 0) is 37.5 Å². The van der Waals surface area contributed by atoms with Crippen molar-refractivity contribution in [2.45, 2.75) is 24.7 Å². The number of aryl methyl sites for hydroxylation is 1. The molecule has 0 radical (unpaired) electrons. The molecule has 0 heterocycles. The van der Waals surface area contributed by atoms with E-state index in [9.17, 15) is 18.0 Å². The van der Waals surface area contributed by atoms with Crippen molar-refractivity contribution in [1.82, 2.24) is 4.72 Å². The molecule has 1 aliphatic carbocycles. The van der Waals surface area contributed by atoms with Crippen molar-refractivity contribution in [3.8, 4) is 0 Å². The molecule has 0 saturated heterocycles. The van der Waals surface area contributed by atoms with E-state index in [1.54, 1.807) is 36.4 Å². The third-order valence-electron chi connectivity index (χ3n) is 4.94. The largest absolute Gasteiger partial charge is 0.468 e. The minimum Gasteiger partial charge on any atom is -0.468 e. The second kappa shape index (κ2) is 7.25. The van der Waals surface area contributed by atoms with Crippen LogP contribution in [-0.2, 0) is 26.0 Å². The second-order valence-corrected chi connectivity index (χ2v) is 8.46. The van der Waals surface area contributed by atoms with Crippen LogP contribution in [0.15, 0.2) is 53.4 Å². The van der Waals surface area contributed by atoms with E-state index in [1.165, 1.54) is 19.2 Å². The number of ketones is 1. The first kappa shape index (κ1) is 19.3. The number of hydrogen-bond donors (Lipinski definition) is 1. The topological polar surface area (TPSA) is 89.5 Å². The lowest BCUT2D eigenvalue weighted by Gasteiger charge is -2.24. The summed E-state index contributed by atoms with van der Waals surface area (Å²) in [4.78, 5) is 25.5. The molecule has 2 aromatic carbocycles. The summed E-state index contributed by atoms with van der Waals surface area (Å²) in [5.74, 6) is -0.960. The summed E-state index contributed by atoms with van der Waals surface area (Å²) in [5.41, 5.74) is 0.820. The number of fused-ring (bicyclic) bond motifs is 1. The van der Waals surface area contributed by atoms with E-state index < -0.39 is 21.4 Å². The predicted octanol–water partition coefficient (Wildman–Crippen LogP) is 2.26. The van der Waals surface area contributed by atoms with Crippen molar-refractivity contribution >= 4 is 21.8 Å². The van der Waals surface area contributed by atoms with Gasteiger partial charge < -0.3 is 4.74 Å². The Bertz CT molecular complexity index is 982. The van der Waals surface area contributed by atoms with Crippen molar-refractivity contribution in [3.05, 3.63) is 65.2 Å². The molecule has 1 unspecified atom stereocenters. The fraction of sp³-hybridized carbons (Fsp3) is 0.300. The molecule has 7 heteroatoms. The number of esters is 1. The lowest BCUT2D eigenvalue weighted by Crippen LogP contribution is -2.41. The Labute approximate surface area is 158 Å². The zero-order valence-corrected chi connectivity index (χ0v) is 16.0. The number of benzene rings is 2. The van der Waals surface area contributed by atoms with Crippen molar-refractivity contribution in [2.24, 2.45) is 5.41 Å². The molecule has 0 fully saturated rings. The minimum absolute atomic E-state index is 0.0261. The number of nitrogens with one attached hydrogen (secondary N) is 1. The van der Waals surface area contributed by atoms with Crippen molar-refractivity contribution in [1.29, 1.82) is 0 Å². The summed E-state index contributed by atoms with van der Waals surface area (Å²) in [5, 5.41) is 0. The van der Waals surface area contributed by atoms with E-state index >= 15 is 0 Å². The Balaban J connectivity index is 1.79. The molecule has 0 bridgehead atoms. The number of Topliss-reactive ketones (excluding diaryl/α,β-unsaturated/α-hetero) is 1. The smallest absolute Gasteiger partial charge is 0.320 e. The summed E-state index contributed by atoms with van der Waals surface area (Å²) in [7, 11) is -2.49. The van der Waals surface area contributed by atoms with Crippen LogP contribution in [0, 0.1) is 12.3 Å². The lowest BCUT2D eigenvalue weighted by atomic mass is 9.80. The highest BCUT2D eigenvalue weighted by atomic mass is 32.2. The third-order valence-corrected chi connectivity index (χ3v) is 6.42. The number of carbonyl (C=O) groups excluding carboxylic acids is 2. The summed E-state index contributed by atoms with van der Waals surface area (Å²) in [6, 6.07) is 13.5. The molecule has 0 aromatic heterocycles. The van der Waals surface area contributed by atoms with Gasteiger partial charge in [-0.2, -0.15) is 0 Å². The predicted molar refractivity (Wildman–Crippen MR) is 99.9 cm³/mol. The normalized spacial score (nSPS) is 19.0. The first-order valence-corrected chi connectivity index (χ1v) is 10.1. The van der Waals surface area contributed by atoms with Crippen LogP contribution in [0.2, 0.25) is 0 Å². The highest BCUT2D eigenvalue weighted by Gasteiger charge is 2.52. The van der Waals surface area contributed by atoms with Crippen LogP contribution in [0.4, 0.5) is 0 Å². The zero-order chi connectivity index (χ0) is 19.7. The number of sulfonamides is 1. The van der Waals surface area contributed by atoms with Gasteiger partial charge in [-0.15, -0.1) is 0 Å². The second-order valence-electron chi connectivity index (χ2n) is 6.70. The van der Waals surface area contributed by atoms with Gasteiger partial charge in [0.05, 0.1) is 12.0 Å². The maximum atomic E-state index is 12.9. The maximum Gasteiger partial charge on any atom is 0.320 e. The van der Waals surface area contributed by atoms with E-state index in [-0.39, 0.29) is 30.1 Å². The standard InChI is InChI=1S/C20H21NO5S/c1-14-7-9-16(10-8-14)27(24,25)21-12-11-20(19(23)26-2)13-15-5-3-4-6-17(15)18(20)22/h3-10,21H,11-13H2,1-2H3. The van der Waals surface area contributed by atoms with E-state index in [4.69, 9.17) is 4.74 Å². The molecule has 0 spiro atoms. The Morgan fingerprint density at radius 3 is 2.44 bits per heavy atom. The minimum atomic E-state index is -3.73. The highest BCUT2D eigenvalue weighted by Crippen LogP contribution is 2.40. The third kappa shape index (κ3) is 3.52. The molecule has 3 rings (SSSR count). The van der Waals surface area contributed by atoms with Crippen LogP contribution in [0.5, 0.6) is 0 Å².